The number of hydrogen-bond acceptors (Lipinski definition) is 4. The van der Waals surface area contributed by atoms with Crippen molar-refractivity contribution in [3.8, 4) is 11.5 Å². The first-order valence-electron chi connectivity index (χ1n) is 3.77. The molecule has 14 heavy (non-hydrogen) atoms. The fourth-order valence-corrected chi connectivity index (χ4v) is 0.998. The average Bonchev–Trinajstić information content (AvgIpc) is 2.19. The molecule has 1 atom stereocenters. The highest BCUT2D eigenvalue weighted by Crippen LogP contribution is 2.34. The van der Waals surface area contributed by atoms with Crippen LogP contribution in [0.2, 0.25) is 0 Å². The lowest BCUT2D eigenvalue weighted by atomic mass is 10.1. The van der Waals surface area contributed by atoms with Crippen molar-refractivity contribution >= 4 is 0 Å². The molecule has 0 bridgehead atoms. The Balaban J connectivity index is 3.33. The average molecular weight is 205 g/mol. The van der Waals surface area contributed by atoms with Crippen LogP contribution < -0.4 is 5.73 Å². The molecule has 0 heterocycles. The van der Waals surface area contributed by atoms with Gasteiger partial charge in [-0.25, -0.2) is 4.39 Å². The number of aliphatic hydroxyl groups is 1. The highest BCUT2D eigenvalue weighted by atomic mass is 19.1. The molecule has 0 aliphatic rings. The van der Waals surface area contributed by atoms with Crippen LogP contribution in [0.15, 0.2) is 6.07 Å². The molecule has 4 nitrogen and oxygen atoms in total. The van der Waals surface area contributed by atoms with E-state index in [1.807, 2.05) is 0 Å². The summed E-state index contributed by atoms with van der Waals surface area (Å²) in [5.74, 6) is -5.05. The van der Waals surface area contributed by atoms with Gasteiger partial charge >= 0.3 is 0 Å². The Morgan fingerprint density at radius 2 is 1.86 bits per heavy atom. The Bertz CT molecular complexity index is 357. The Kier molecular flexibility index (Phi) is 2.87. The van der Waals surface area contributed by atoms with Gasteiger partial charge in [-0.2, -0.15) is 4.39 Å². The predicted octanol–water partition coefficient (Wildman–Crippen LogP) is 0.368. The normalized spacial score (nSPS) is 12.9. The molecule has 78 valence electrons. The number of phenolic OH excluding ortho intramolecular Hbond substituents is 2. The third-order valence-corrected chi connectivity index (χ3v) is 1.78. The van der Waals surface area contributed by atoms with E-state index in [0.717, 1.165) is 0 Å². The zero-order valence-electron chi connectivity index (χ0n) is 7.04. The number of phenols is 2. The fraction of sp³-hybridized carbons (Fsp3) is 0.250. The van der Waals surface area contributed by atoms with Gasteiger partial charge < -0.3 is 21.1 Å². The molecule has 6 heteroatoms. The zero-order valence-corrected chi connectivity index (χ0v) is 7.04. The van der Waals surface area contributed by atoms with Crippen LogP contribution in [0.5, 0.6) is 11.5 Å². The van der Waals surface area contributed by atoms with Gasteiger partial charge in [-0.05, 0) is 6.07 Å². The Morgan fingerprint density at radius 1 is 1.29 bits per heavy atom. The molecule has 0 fully saturated rings. The number of rotatable bonds is 2. The molecule has 0 aromatic heterocycles. The van der Waals surface area contributed by atoms with Crippen LogP contribution in [0, 0.1) is 11.6 Å². The smallest absolute Gasteiger partial charge is 0.209 e. The third kappa shape index (κ3) is 1.61. The van der Waals surface area contributed by atoms with E-state index in [0.29, 0.717) is 6.07 Å². The summed E-state index contributed by atoms with van der Waals surface area (Å²) in [7, 11) is 0. The summed E-state index contributed by atoms with van der Waals surface area (Å²) in [6.45, 7) is -0.294. The maximum atomic E-state index is 12.9. The SMILES string of the molecule is NCC(O)c1cc(F)c(O)c(F)c1O. The van der Waals surface area contributed by atoms with Crippen LogP contribution in [-0.4, -0.2) is 21.9 Å². The van der Waals surface area contributed by atoms with Gasteiger partial charge in [0, 0.05) is 12.1 Å². The van der Waals surface area contributed by atoms with Gasteiger partial charge in [-0.3, -0.25) is 0 Å². The maximum Gasteiger partial charge on any atom is 0.209 e. The van der Waals surface area contributed by atoms with Gasteiger partial charge in [0.2, 0.25) is 5.82 Å². The summed E-state index contributed by atoms with van der Waals surface area (Å²) >= 11 is 0. The first-order valence-corrected chi connectivity index (χ1v) is 3.77. The highest BCUT2D eigenvalue weighted by molar-refractivity contribution is 5.43. The minimum Gasteiger partial charge on any atom is -0.504 e. The second kappa shape index (κ2) is 3.77. The summed E-state index contributed by atoms with van der Waals surface area (Å²) in [5.41, 5.74) is 4.65. The summed E-state index contributed by atoms with van der Waals surface area (Å²) in [4.78, 5) is 0. The van der Waals surface area contributed by atoms with Crippen molar-refractivity contribution in [3.63, 3.8) is 0 Å². The van der Waals surface area contributed by atoms with E-state index in [1.165, 1.54) is 0 Å². The number of aromatic hydroxyl groups is 2. The highest BCUT2D eigenvalue weighted by Gasteiger charge is 2.21. The van der Waals surface area contributed by atoms with E-state index >= 15 is 0 Å². The lowest BCUT2D eigenvalue weighted by Crippen LogP contribution is -2.12. The van der Waals surface area contributed by atoms with E-state index in [4.69, 9.17) is 21.1 Å². The lowest BCUT2D eigenvalue weighted by Gasteiger charge is -2.11. The molecular weight excluding hydrogens is 196 g/mol. The zero-order chi connectivity index (χ0) is 10.9. The first kappa shape index (κ1) is 10.7. The van der Waals surface area contributed by atoms with E-state index in [9.17, 15) is 8.78 Å². The molecule has 0 spiro atoms. The van der Waals surface area contributed by atoms with Crippen molar-refractivity contribution < 1.29 is 24.1 Å². The summed E-state index contributed by atoms with van der Waals surface area (Å²) in [5, 5.41) is 27.0. The molecule has 0 aliphatic carbocycles. The molecular formula is C8H9F2NO3. The van der Waals surface area contributed by atoms with Crippen molar-refractivity contribution in [3.05, 3.63) is 23.3 Å². The predicted molar refractivity (Wildman–Crippen MR) is 43.7 cm³/mol. The van der Waals surface area contributed by atoms with Gasteiger partial charge in [0.05, 0.1) is 6.10 Å². The van der Waals surface area contributed by atoms with Crippen LogP contribution in [0.4, 0.5) is 8.78 Å². The second-order valence-electron chi connectivity index (χ2n) is 2.71. The van der Waals surface area contributed by atoms with Gasteiger partial charge in [0.15, 0.2) is 17.3 Å². The second-order valence-corrected chi connectivity index (χ2v) is 2.71. The van der Waals surface area contributed by atoms with Crippen molar-refractivity contribution in [1.82, 2.24) is 0 Å². The van der Waals surface area contributed by atoms with Gasteiger partial charge in [0.25, 0.3) is 0 Å². The molecule has 0 aliphatic heterocycles. The summed E-state index contributed by atoms with van der Waals surface area (Å²) < 4.78 is 25.6. The van der Waals surface area contributed by atoms with Crippen LogP contribution in [0.1, 0.15) is 11.7 Å². The van der Waals surface area contributed by atoms with Crippen molar-refractivity contribution in [2.24, 2.45) is 5.73 Å². The molecule has 0 saturated heterocycles. The van der Waals surface area contributed by atoms with Crippen LogP contribution in [0.3, 0.4) is 0 Å². The first-order chi connectivity index (χ1) is 6.49. The molecule has 1 aromatic rings. The minimum atomic E-state index is -1.51. The Morgan fingerprint density at radius 3 is 2.36 bits per heavy atom. The third-order valence-electron chi connectivity index (χ3n) is 1.78. The molecule has 0 amide bonds. The molecule has 0 saturated carbocycles. The minimum absolute atomic E-state index is 0.294. The van der Waals surface area contributed by atoms with Crippen LogP contribution in [0.25, 0.3) is 0 Å². The molecule has 5 N–H and O–H groups in total. The molecule has 0 radical (unpaired) electrons. The van der Waals surface area contributed by atoms with E-state index in [2.05, 4.69) is 0 Å². The van der Waals surface area contributed by atoms with Gasteiger partial charge in [0.1, 0.15) is 0 Å². The number of benzene rings is 1. The number of halogens is 2. The van der Waals surface area contributed by atoms with Crippen molar-refractivity contribution in [2.45, 2.75) is 6.10 Å². The topological polar surface area (TPSA) is 86.7 Å². The quantitative estimate of drug-likeness (QED) is 0.561. The van der Waals surface area contributed by atoms with Gasteiger partial charge in [-0.1, -0.05) is 0 Å². The standard InChI is InChI=1S/C8H9F2NO3/c9-4-1-3(5(12)2-11)7(13)6(10)8(4)14/h1,5,12-14H,2,11H2. The summed E-state index contributed by atoms with van der Waals surface area (Å²) in [6.07, 6.45) is -1.38. The Hall–Kier alpha value is -1.40. The fourth-order valence-electron chi connectivity index (χ4n) is 0.998. The molecule has 1 rings (SSSR count). The maximum absolute atomic E-state index is 12.9. The van der Waals surface area contributed by atoms with E-state index in [1.54, 1.807) is 0 Å². The largest absolute Gasteiger partial charge is 0.504 e. The van der Waals surface area contributed by atoms with Crippen LogP contribution in [-0.2, 0) is 0 Å². The molecule has 1 aromatic carbocycles. The van der Waals surface area contributed by atoms with Crippen molar-refractivity contribution in [2.75, 3.05) is 6.54 Å². The van der Waals surface area contributed by atoms with Crippen LogP contribution >= 0.6 is 0 Å². The monoisotopic (exact) mass is 205 g/mol. The number of hydrogen-bond donors (Lipinski definition) is 4. The number of aliphatic hydroxyl groups excluding tert-OH is 1. The van der Waals surface area contributed by atoms with E-state index in [-0.39, 0.29) is 12.1 Å². The number of nitrogens with two attached hydrogens (primary N) is 1. The summed E-state index contributed by atoms with van der Waals surface area (Å²) in [6, 6.07) is 0.630. The van der Waals surface area contributed by atoms with Crippen molar-refractivity contribution in [1.29, 1.82) is 0 Å². The van der Waals surface area contributed by atoms with E-state index < -0.39 is 29.2 Å². The lowest BCUT2D eigenvalue weighted by molar-refractivity contribution is 0.180. The Labute approximate surface area is 78.2 Å². The van der Waals surface area contributed by atoms with Gasteiger partial charge in [-0.15, -0.1) is 0 Å². The molecule has 1 unspecified atom stereocenters.